The molecule has 0 saturated carbocycles. The van der Waals surface area contributed by atoms with Crippen molar-refractivity contribution in [1.82, 2.24) is 0 Å². The normalized spacial score (nSPS) is 10.0. The van der Waals surface area contributed by atoms with Gasteiger partial charge in [0, 0.05) is 10.8 Å². The fourth-order valence-corrected chi connectivity index (χ4v) is 2.15. The summed E-state index contributed by atoms with van der Waals surface area (Å²) in [6.07, 6.45) is 0. The monoisotopic (exact) mass is 205 g/mol. The van der Waals surface area contributed by atoms with E-state index >= 15 is 0 Å². The lowest BCUT2D eigenvalue weighted by molar-refractivity contribution is 0.374. The van der Waals surface area contributed by atoms with E-state index in [4.69, 9.17) is 10.00 Å². The van der Waals surface area contributed by atoms with Crippen molar-refractivity contribution >= 4 is 21.4 Å². The Labute approximate surface area is 84.8 Å². The average Bonchev–Trinajstić information content (AvgIpc) is 2.58. The summed E-state index contributed by atoms with van der Waals surface area (Å²) in [5, 5.41) is 19.1. The molecule has 1 aromatic heterocycles. The van der Waals surface area contributed by atoms with Gasteiger partial charge in [0.2, 0.25) is 0 Å². The fraction of sp³-hybridized carbons (Fsp3) is 0.100. The molecule has 0 radical (unpaired) electrons. The number of aromatic hydroxyl groups is 1. The van der Waals surface area contributed by atoms with Gasteiger partial charge >= 0.3 is 0 Å². The van der Waals surface area contributed by atoms with Crippen LogP contribution in [0.5, 0.6) is 11.5 Å². The largest absolute Gasteiger partial charge is 0.504 e. The molecular weight excluding hydrogens is 198 g/mol. The number of phenolic OH excluding ortho intramolecular Hbond substituents is 1. The molecule has 1 aromatic carbocycles. The molecule has 0 aliphatic carbocycles. The maximum absolute atomic E-state index is 9.49. The van der Waals surface area contributed by atoms with Crippen molar-refractivity contribution in [2.24, 2.45) is 0 Å². The van der Waals surface area contributed by atoms with Gasteiger partial charge in [-0.25, -0.2) is 0 Å². The first-order valence-electron chi connectivity index (χ1n) is 3.95. The van der Waals surface area contributed by atoms with Crippen molar-refractivity contribution in [1.29, 1.82) is 5.26 Å². The predicted octanol–water partition coefficient (Wildman–Crippen LogP) is 2.49. The highest BCUT2D eigenvalue weighted by atomic mass is 32.1. The van der Waals surface area contributed by atoms with Gasteiger partial charge in [-0.05, 0) is 17.5 Å². The molecule has 3 nitrogen and oxygen atoms in total. The molecular formula is C10H7NO2S. The Kier molecular flexibility index (Phi) is 2.02. The maximum Gasteiger partial charge on any atom is 0.161 e. The number of rotatable bonds is 1. The Balaban J connectivity index is 2.71. The smallest absolute Gasteiger partial charge is 0.161 e. The van der Waals surface area contributed by atoms with Crippen molar-refractivity contribution in [3.8, 4) is 17.6 Å². The van der Waals surface area contributed by atoms with E-state index in [9.17, 15) is 5.11 Å². The van der Waals surface area contributed by atoms with E-state index in [0.717, 1.165) is 10.1 Å². The van der Waals surface area contributed by atoms with Crippen LogP contribution in [0.3, 0.4) is 0 Å². The first kappa shape index (κ1) is 8.85. The van der Waals surface area contributed by atoms with Crippen LogP contribution in [0.25, 0.3) is 10.1 Å². The lowest BCUT2D eigenvalue weighted by atomic mass is 10.2. The molecule has 0 fully saturated rings. The van der Waals surface area contributed by atoms with Gasteiger partial charge in [0.1, 0.15) is 10.9 Å². The van der Waals surface area contributed by atoms with Gasteiger partial charge in [-0.2, -0.15) is 5.26 Å². The highest BCUT2D eigenvalue weighted by Gasteiger charge is 2.07. The number of nitrogens with zero attached hydrogens (tertiary/aromatic N) is 1. The quantitative estimate of drug-likeness (QED) is 0.778. The molecule has 2 rings (SSSR count). The molecule has 0 unspecified atom stereocenters. The van der Waals surface area contributed by atoms with Crippen molar-refractivity contribution in [2.75, 3.05) is 7.11 Å². The van der Waals surface area contributed by atoms with Crippen LogP contribution >= 0.6 is 11.3 Å². The Morgan fingerprint density at radius 2 is 2.21 bits per heavy atom. The zero-order chi connectivity index (χ0) is 10.1. The first-order chi connectivity index (χ1) is 6.74. The zero-order valence-corrected chi connectivity index (χ0v) is 8.26. The van der Waals surface area contributed by atoms with Gasteiger partial charge in [-0.1, -0.05) is 0 Å². The lowest BCUT2D eigenvalue weighted by Gasteiger charge is -2.01. The molecule has 0 aliphatic heterocycles. The van der Waals surface area contributed by atoms with Crippen LogP contribution in [0.4, 0.5) is 0 Å². The minimum absolute atomic E-state index is 0.103. The number of methoxy groups -OCH3 is 1. The Morgan fingerprint density at radius 3 is 2.86 bits per heavy atom. The lowest BCUT2D eigenvalue weighted by Crippen LogP contribution is -1.81. The third-order valence-electron chi connectivity index (χ3n) is 1.93. The van der Waals surface area contributed by atoms with Crippen LogP contribution in [0.1, 0.15) is 4.88 Å². The van der Waals surface area contributed by atoms with E-state index in [1.807, 2.05) is 0 Å². The second-order valence-electron chi connectivity index (χ2n) is 2.78. The number of hydrogen-bond acceptors (Lipinski definition) is 4. The second kappa shape index (κ2) is 3.20. The van der Waals surface area contributed by atoms with Crippen LogP contribution in [0.15, 0.2) is 18.2 Å². The molecule has 0 spiro atoms. The summed E-state index contributed by atoms with van der Waals surface area (Å²) in [7, 11) is 1.50. The number of ether oxygens (including phenoxy) is 1. The average molecular weight is 205 g/mol. The number of phenols is 1. The second-order valence-corrected chi connectivity index (χ2v) is 3.87. The Bertz CT molecular complexity index is 525. The predicted molar refractivity (Wildman–Crippen MR) is 54.8 cm³/mol. The molecule has 70 valence electrons. The van der Waals surface area contributed by atoms with Gasteiger partial charge < -0.3 is 9.84 Å². The Hall–Kier alpha value is -1.73. The van der Waals surface area contributed by atoms with Crippen molar-refractivity contribution in [3.05, 3.63) is 23.1 Å². The van der Waals surface area contributed by atoms with E-state index in [1.54, 1.807) is 18.2 Å². The molecule has 4 heteroatoms. The molecule has 0 saturated heterocycles. The molecule has 0 atom stereocenters. The molecule has 0 aliphatic rings. The molecule has 0 amide bonds. The van der Waals surface area contributed by atoms with Crippen LogP contribution < -0.4 is 4.74 Å². The third-order valence-corrected chi connectivity index (χ3v) is 2.93. The summed E-state index contributed by atoms with van der Waals surface area (Å²) >= 11 is 1.35. The van der Waals surface area contributed by atoms with Gasteiger partial charge in [0.15, 0.2) is 11.5 Å². The van der Waals surface area contributed by atoms with E-state index in [2.05, 4.69) is 6.07 Å². The molecule has 2 aromatic rings. The molecule has 1 N–H and O–H groups in total. The minimum Gasteiger partial charge on any atom is -0.504 e. The minimum atomic E-state index is 0.103. The van der Waals surface area contributed by atoms with E-state index in [0.29, 0.717) is 10.6 Å². The number of benzene rings is 1. The van der Waals surface area contributed by atoms with Crippen molar-refractivity contribution < 1.29 is 9.84 Å². The van der Waals surface area contributed by atoms with Gasteiger partial charge in [-0.15, -0.1) is 11.3 Å². The van der Waals surface area contributed by atoms with Gasteiger partial charge in [-0.3, -0.25) is 0 Å². The highest BCUT2D eigenvalue weighted by Crippen LogP contribution is 2.35. The summed E-state index contributed by atoms with van der Waals surface area (Å²) in [4.78, 5) is 0.632. The zero-order valence-electron chi connectivity index (χ0n) is 7.44. The number of thiophene rings is 1. The molecule has 0 bridgehead atoms. The summed E-state index contributed by atoms with van der Waals surface area (Å²) in [6, 6.07) is 7.18. The summed E-state index contributed by atoms with van der Waals surface area (Å²) in [5.41, 5.74) is 0. The van der Waals surface area contributed by atoms with Crippen LogP contribution in [-0.2, 0) is 0 Å². The van der Waals surface area contributed by atoms with E-state index in [-0.39, 0.29) is 5.75 Å². The topological polar surface area (TPSA) is 53.2 Å². The molecule has 1 heterocycles. The standard InChI is InChI=1S/C10H7NO2S/c1-13-9-3-6-2-7(5-11)14-10(6)4-8(9)12/h2-4,12H,1H3. The summed E-state index contributed by atoms with van der Waals surface area (Å²) in [5.74, 6) is 0.533. The number of hydrogen-bond donors (Lipinski definition) is 1. The van der Waals surface area contributed by atoms with Crippen molar-refractivity contribution in [2.45, 2.75) is 0 Å². The highest BCUT2D eigenvalue weighted by molar-refractivity contribution is 7.19. The van der Waals surface area contributed by atoms with Gasteiger partial charge in [0.05, 0.1) is 7.11 Å². The van der Waals surface area contributed by atoms with Crippen molar-refractivity contribution in [3.63, 3.8) is 0 Å². The van der Waals surface area contributed by atoms with Crippen LogP contribution in [0, 0.1) is 11.3 Å². The van der Waals surface area contributed by atoms with E-state index in [1.165, 1.54) is 18.4 Å². The van der Waals surface area contributed by atoms with Crippen LogP contribution in [0.2, 0.25) is 0 Å². The number of nitriles is 1. The maximum atomic E-state index is 9.49. The number of fused-ring (bicyclic) bond motifs is 1. The Morgan fingerprint density at radius 1 is 1.43 bits per heavy atom. The fourth-order valence-electron chi connectivity index (χ4n) is 1.27. The molecule has 14 heavy (non-hydrogen) atoms. The van der Waals surface area contributed by atoms with E-state index < -0.39 is 0 Å². The summed E-state index contributed by atoms with van der Waals surface area (Å²) in [6.45, 7) is 0. The SMILES string of the molecule is COc1cc2cc(C#N)sc2cc1O. The summed E-state index contributed by atoms with van der Waals surface area (Å²) < 4.78 is 5.86. The third kappa shape index (κ3) is 1.28. The van der Waals surface area contributed by atoms with Crippen LogP contribution in [-0.4, -0.2) is 12.2 Å². The van der Waals surface area contributed by atoms with Gasteiger partial charge in [0.25, 0.3) is 0 Å². The first-order valence-corrected chi connectivity index (χ1v) is 4.77.